The number of hydrogen-bond acceptors (Lipinski definition) is 4. The van der Waals surface area contributed by atoms with Gasteiger partial charge < -0.3 is 5.32 Å². The molecule has 0 aliphatic heterocycles. The van der Waals surface area contributed by atoms with E-state index < -0.39 is 10.0 Å². The van der Waals surface area contributed by atoms with Crippen molar-refractivity contribution in [2.24, 2.45) is 0 Å². The third-order valence-electron chi connectivity index (χ3n) is 3.20. The maximum absolute atomic E-state index is 11.5. The second kappa shape index (κ2) is 9.33. The average molecular weight is 331 g/mol. The lowest BCUT2D eigenvalue weighted by atomic mass is 10.2. The second-order valence-electron chi connectivity index (χ2n) is 5.20. The lowest BCUT2D eigenvalue weighted by Gasteiger charge is -2.09. The molecule has 0 bridgehead atoms. The minimum Gasteiger partial charge on any atom is -0.385 e. The van der Waals surface area contributed by atoms with Crippen LogP contribution in [0.2, 0.25) is 0 Å². The van der Waals surface area contributed by atoms with Gasteiger partial charge in [0.15, 0.2) is 0 Å². The summed E-state index contributed by atoms with van der Waals surface area (Å²) < 4.78 is 25.7. The summed E-state index contributed by atoms with van der Waals surface area (Å²) in [4.78, 5) is 1.26. The summed E-state index contributed by atoms with van der Waals surface area (Å²) in [6, 6.07) is 8.38. The smallest absolute Gasteiger partial charge is 0.213 e. The van der Waals surface area contributed by atoms with Crippen LogP contribution in [0.1, 0.15) is 33.1 Å². The first-order valence-electron chi connectivity index (χ1n) is 7.32. The fourth-order valence-corrected chi connectivity index (χ4v) is 2.92. The van der Waals surface area contributed by atoms with Crippen molar-refractivity contribution in [3.05, 3.63) is 24.3 Å². The first-order valence-corrected chi connectivity index (χ1v) is 10.1. The van der Waals surface area contributed by atoms with E-state index in [9.17, 15) is 8.42 Å². The van der Waals surface area contributed by atoms with Crippen molar-refractivity contribution >= 4 is 27.5 Å². The summed E-state index contributed by atoms with van der Waals surface area (Å²) in [5, 5.41) is 3.02. The third-order valence-corrected chi connectivity index (χ3v) is 5.79. The zero-order chi connectivity index (χ0) is 15.7. The summed E-state index contributed by atoms with van der Waals surface area (Å²) >= 11 is 1.73. The van der Waals surface area contributed by atoms with Gasteiger partial charge in [0.1, 0.15) is 0 Å². The highest BCUT2D eigenvalue weighted by Crippen LogP contribution is 2.17. The van der Waals surface area contributed by atoms with Crippen LogP contribution in [0.4, 0.5) is 5.69 Å². The van der Waals surface area contributed by atoms with E-state index >= 15 is 0 Å². The molecule has 0 saturated heterocycles. The van der Waals surface area contributed by atoms with Gasteiger partial charge >= 0.3 is 0 Å². The van der Waals surface area contributed by atoms with Crippen LogP contribution in [0, 0.1) is 0 Å². The van der Waals surface area contributed by atoms with Crippen LogP contribution >= 0.6 is 11.8 Å². The van der Waals surface area contributed by atoms with Gasteiger partial charge in [0.2, 0.25) is 10.0 Å². The number of benzene rings is 1. The Morgan fingerprint density at radius 3 is 2.24 bits per heavy atom. The normalized spacial score (nSPS) is 11.8. The van der Waals surface area contributed by atoms with E-state index in [1.54, 1.807) is 25.6 Å². The maximum Gasteiger partial charge on any atom is 0.213 e. The van der Waals surface area contributed by atoms with E-state index in [1.165, 1.54) is 4.90 Å². The Balaban J connectivity index is 2.09. The molecule has 21 heavy (non-hydrogen) atoms. The summed E-state index contributed by atoms with van der Waals surface area (Å²) in [6.45, 7) is 4.82. The van der Waals surface area contributed by atoms with Crippen molar-refractivity contribution < 1.29 is 8.42 Å². The predicted molar refractivity (Wildman–Crippen MR) is 92.6 cm³/mol. The molecule has 0 atom stereocenters. The molecule has 6 heteroatoms. The molecule has 0 heterocycles. The summed E-state index contributed by atoms with van der Waals surface area (Å²) in [7, 11) is -3.11. The fourth-order valence-electron chi connectivity index (χ4n) is 1.75. The predicted octanol–water partition coefficient (Wildman–Crippen LogP) is 3.32. The van der Waals surface area contributed by atoms with E-state index in [1.807, 2.05) is 0 Å². The molecule has 0 radical (unpaired) electrons. The fraction of sp³-hybridized carbons (Fsp3) is 0.600. The van der Waals surface area contributed by atoms with Crippen LogP contribution in [0.5, 0.6) is 0 Å². The average Bonchev–Trinajstić information content (AvgIpc) is 2.46. The first kappa shape index (κ1) is 18.3. The van der Waals surface area contributed by atoms with Gasteiger partial charge in [0, 0.05) is 23.7 Å². The molecule has 0 spiro atoms. The van der Waals surface area contributed by atoms with Crippen LogP contribution in [-0.2, 0) is 10.0 Å². The molecule has 0 saturated carbocycles. The van der Waals surface area contributed by atoms with E-state index in [0.29, 0.717) is 6.54 Å². The van der Waals surface area contributed by atoms with E-state index in [4.69, 9.17) is 0 Å². The van der Waals surface area contributed by atoms with Gasteiger partial charge in [-0.3, -0.25) is 0 Å². The molecule has 0 aliphatic rings. The standard InChI is InChI=1S/C15H26N2O2S2/c1-13(2)21(18,19)17-12-6-4-5-11-16-14-7-9-15(20-3)10-8-14/h7-10,13,16-17H,4-6,11-12H2,1-3H3. The Bertz CT molecular complexity index is 499. The zero-order valence-corrected chi connectivity index (χ0v) is 14.7. The zero-order valence-electron chi connectivity index (χ0n) is 13.1. The van der Waals surface area contributed by atoms with Gasteiger partial charge in [0.25, 0.3) is 0 Å². The van der Waals surface area contributed by atoms with Crippen LogP contribution < -0.4 is 10.0 Å². The molecule has 1 aromatic rings. The van der Waals surface area contributed by atoms with Crippen molar-refractivity contribution in [2.75, 3.05) is 24.7 Å². The van der Waals surface area contributed by atoms with Gasteiger partial charge in [0.05, 0.1) is 5.25 Å². The summed E-state index contributed by atoms with van der Waals surface area (Å²) in [5.41, 5.74) is 1.13. The van der Waals surface area contributed by atoms with E-state index in [-0.39, 0.29) is 5.25 Å². The molecule has 0 fully saturated rings. The van der Waals surface area contributed by atoms with Crippen LogP contribution in [0.3, 0.4) is 0 Å². The molecular formula is C15H26N2O2S2. The van der Waals surface area contributed by atoms with Gasteiger partial charge in [-0.2, -0.15) is 0 Å². The van der Waals surface area contributed by atoms with Crippen molar-refractivity contribution in [1.82, 2.24) is 4.72 Å². The number of sulfonamides is 1. The van der Waals surface area contributed by atoms with E-state index in [0.717, 1.165) is 31.5 Å². The quantitative estimate of drug-likeness (QED) is 0.510. The van der Waals surface area contributed by atoms with Crippen LogP contribution in [-0.4, -0.2) is 33.0 Å². The van der Waals surface area contributed by atoms with E-state index in [2.05, 4.69) is 40.6 Å². The Morgan fingerprint density at radius 2 is 1.67 bits per heavy atom. The topological polar surface area (TPSA) is 58.2 Å². The van der Waals surface area contributed by atoms with Gasteiger partial charge in [-0.15, -0.1) is 11.8 Å². The minimum absolute atomic E-state index is 0.358. The number of anilines is 1. The Kier molecular flexibility index (Phi) is 8.14. The number of nitrogens with one attached hydrogen (secondary N) is 2. The Hall–Kier alpha value is -0.720. The molecule has 0 aliphatic carbocycles. The van der Waals surface area contributed by atoms with Crippen molar-refractivity contribution in [1.29, 1.82) is 0 Å². The molecule has 0 aromatic heterocycles. The Morgan fingerprint density at radius 1 is 1.05 bits per heavy atom. The number of hydrogen-bond donors (Lipinski definition) is 2. The Labute approximate surface area is 133 Å². The lowest BCUT2D eigenvalue weighted by molar-refractivity contribution is 0.566. The molecular weight excluding hydrogens is 304 g/mol. The van der Waals surface area contributed by atoms with Gasteiger partial charge in [-0.1, -0.05) is 6.42 Å². The molecule has 0 amide bonds. The van der Waals surface area contributed by atoms with Crippen molar-refractivity contribution in [3.63, 3.8) is 0 Å². The maximum atomic E-state index is 11.5. The SMILES string of the molecule is CSc1ccc(NCCCCCNS(=O)(=O)C(C)C)cc1. The molecule has 120 valence electrons. The highest BCUT2D eigenvalue weighted by Gasteiger charge is 2.13. The number of unbranched alkanes of at least 4 members (excludes halogenated alkanes) is 2. The van der Waals surface area contributed by atoms with Gasteiger partial charge in [-0.25, -0.2) is 13.1 Å². The molecule has 1 aromatic carbocycles. The lowest BCUT2D eigenvalue weighted by Crippen LogP contribution is -2.31. The van der Waals surface area contributed by atoms with Gasteiger partial charge in [-0.05, 0) is 57.2 Å². The third kappa shape index (κ3) is 7.20. The largest absolute Gasteiger partial charge is 0.385 e. The molecule has 4 nitrogen and oxygen atoms in total. The highest BCUT2D eigenvalue weighted by molar-refractivity contribution is 7.98. The van der Waals surface area contributed by atoms with Crippen LogP contribution in [0.25, 0.3) is 0 Å². The van der Waals surface area contributed by atoms with Crippen LogP contribution in [0.15, 0.2) is 29.2 Å². The molecule has 0 unspecified atom stereocenters. The molecule has 1 rings (SSSR count). The highest BCUT2D eigenvalue weighted by atomic mass is 32.2. The second-order valence-corrected chi connectivity index (χ2v) is 8.41. The monoisotopic (exact) mass is 330 g/mol. The van der Waals surface area contributed by atoms with Crippen molar-refractivity contribution in [3.8, 4) is 0 Å². The number of thioether (sulfide) groups is 1. The summed E-state index contributed by atoms with van der Waals surface area (Å²) in [5.74, 6) is 0. The minimum atomic E-state index is -3.11. The summed E-state index contributed by atoms with van der Waals surface area (Å²) in [6.07, 6.45) is 4.99. The molecule has 2 N–H and O–H groups in total. The first-order chi connectivity index (χ1) is 9.95. The number of rotatable bonds is 10. The van der Waals surface area contributed by atoms with Crippen molar-refractivity contribution in [2.45, 2.75) is 43.3 Å².